The fourth-order valence-corrected chi connectivity index (χ4v) is 6.72. The number of fused-ring (bicyclic) bond motifs is 1. The van der Waals surface area contributed by atoms with E-state index in [9.17, 15) is 15.3 Å². The molecule has 3 aromatic heterocycles. The van der Waals surface area contributed by atoms with Crippen LogP contribution >= 0.6 is 11.8 Å². The Bertz CT molecular complexity index is 1650. The molecule has 204 valence electrons. The maximum Gasteiger partial charge on any atom is 0.219 e. The number of amides is 1. The van der Waals surface area contributed by atoms with Gasteiger partial charge < -0.3 is 4.90 Å². The smallest absolute Gasteiger partial charge is 0.219 e. The molecule has 0 spiro atoms. The van der Waals surface area contributed by atoms with Crippen molar-refractivity contribution in [2.24, 2.45) is 5.41 Å². The largest absolute Gasteiger partial charge is 0.346 e. The van der Waals surface area contributed by atoms with Crippen molar-refractivity contribution in [3.8, 4) is 23.3 Å². The summed E-state index contributed by atoms with van der Waals surface area (Å²) in [6.07, 6.45) is 10.8. The number of aromatic nitrogens is 4. The number of hydrogen-bond donors (Lipinski definition) is 0. The lowest BCUT2D eigenvalue weighted by molar-refractivity contribution is -0.127. The summed E-state index contributed by atoms with van der Waals surface area (Å²) in [5, 5.41) is 28.6. The number of hydrogen-bond acceptors (Lipinski definition) is 6. The third-order valence-electron chi connectivity index (χ3n) is 8.38. The lowest BCUT2D eigenvalue weighted by Gasteiger charge is -2.38. The molecular weight excluding hydrogens is 518 g/mol. The van der Waals surface area contributed by atoms with Crippen molar-refractivity contribution in [1.29, 1.82) is 10.5 Å². The van der Waals surface area contributed by atoms with Gasteiger partial charge in [-0.2, -0.15) is 20.7 Å². The van der Waals surface area contributed by atoms with E-state index in [0.29, 0.717) is 17.2 Å². The predicted octanol–water partition coefficient (Wildman–Crippen LogP) is 6.39. The number of pyridine rings is 1. The third kappa shape index (κ3) is 5.35. The molecule has 1 aliphatic carbocycles. The van der Waals surface area contributed by atoms with Gasteiger partial charge in [-0.15, -0.1) is 0 Å². The molecule has 9 heteroatoms. The second kappa shape index (κ2) is 11.2. The average molecular weight is 552 g/mol. The van der Waals surface area contributed by atoms with Crippen molar-refractivity contribution in [3.63, 3.8) is 0 Å². The van der Waals surface area contributed by atoms with Crippen LogP contribution in [0.15, 0.2) is 58.7 Å². The predicted molar refractivity (Wildman–Crippen MR) is 155 cm³/mol. The Balaban J connectivity index is 1.42. The molecule has 0 aliphatic heterocycles. The summed E-state index contributed by atoms with van der Waals surface area (Å²) in [6.45, 7) is 6.88. The standard InChI is InChI=1S/C31H33N7OS/c1-21-27(19-35-38(21)26-9-11-31(3,12-10-26)13-14-36(4)22(2)39)24-15-29(30-25(17-33)18-34-37(30)20-24)40-28-8-6-5-7-23(28)16-32/h5-8,15,18-20,26H,9-14H2,1-4H3. The number of nitrogens with zero attached hydrogens (tertiary/aromatic N) is 7. The third-order valence-corrected chi connectivity index (χ3v) is 9.48. The first kappa shape index (κ1) is 27.5. The van der Waals surface area contributed by atoms with Crippen LogP contribution in [0.1, 0.15) is 68.8 Å². The Morgan fingerprint density at radius 3 is 2.55 bits per heavy atom. The zero-order valence-corrected chi connectivity index (χ0v) is 24.2. The molecule has 5 rings (SSSR count). The van der Waals surface area contributed by atoms with Crippen molar-refractivity contribution in [1.82, 2.24) is 24.3 Å². The monoisotopic (exact) mass is 551 g/mol. The molecule has 8 nitrogen and oxygen atoms in total. The van der Waals surface area contributed by atoms with Gasteiger partial charge in [0, 0.05) is 53.3 Å². The molecule has 0 atom stereocenters. The number of rotatable bonds is 7. The fraction of sp³-hybridized carbons (Fsp3) is 0.387. The van der Waals surface area contributed by atoms with Crippen molar-refractivity contribution >= 4 is 23.2 Å². The van der Waals surface area contributed by atoms with Crippen LogP contribution in [0.3, 0.4) is 0 Å². The van der Waals surface area contributed by atoms with Crippen LogP contribution in [0.25, 0.3) is 16.6 Å². The topological polar surface area (TPSA) is 103 Å². The molecule has 1 aliphatic rings. The Morgan fingerprint density at radius 2 is 1.85 bits per heavy atom. The van der Waals surface area contributed by atoms with Gasteiger partial charge >= 0.3 is 0 Å². The van der Waals surface area contributed by atoms with E-state index in [1.807, 2.05) is 42.5 Å². The van der Waals surface area contributed by atoms with Crippen LogP contribution in [-0.2, 0) is 4.79 Å². The second-order valence-electron chi connectivity index (χ2n) is 11.1. The Kier molecular flexibility index (Phi) is 7.69. The molecule has 40 heavy (non-hydrogen) atoms. The van der Waals surface area contributed by atoms with Gasteiger partial charge in [-0.25, -0.2) is 4.52 Å². The molecule has 1 fully saturated rings. The van der Waals surface area contributed by atoms with E-state index in [0.717, 1.165) is 70.8 Å². The molecule has 0 bridgehead atoms. The summed E-state index contributed by atoms with van der Waals surface area (Å²) in [5.41, 5.74) is 5.16. The fourth-order valence-electron chi connectivity index (χ4n) is 5.62. The molecule has 1 aromatic carbocycles. The minimum Gasteiger partial charge on any atom is -0.346 e. The lowest BCUT2D eigenvalue weighted by Crippen LogP contribution is -2.32. The molecular formula is C31H33N7OS. The van der Waals surface area contributed by atoms with E-state index < -0.39 is 0 Å². The van der Waals surface area contributed by atoms with E-state index >= 15 is 0 Å². The van der Waals surface area contributed by atoms with Crippen molar-refractivity contribution in [3.05, 3.63) is 65.7 Å². The highest BCUT2D eigenvalue weighted by atomic mass is 32.2. The minimum atomic E-state index is 0.116. The molecule has 0 N–H and O–H groups in total. The zero-order chi connectivity index (χ0) is 28.4. The molecule has 0 saturated heterocycles. The molecule has 1 amide bonds. The van der Waals surface area contributed by atoms with Gasteiger partial charge in [0.05, 0.1) is 35.1 Å². The van der Waals surface area contributed by atoms with Gasteiger partial charge in [0.25, 0.3) is 0 Å². The van der Waals surface area contributed by atoms with Gasteiger partial charge in [0.15, 0.2) is 0 Å². The van der Waals surface area contributed by atoms with Crippen LogP contribution in [0, 0.1) is 35.0 Å². The highest BCUT2D eigenvalue weighted by Crippen LogP contribution is 2.44. The quantitative estimate of drug-likeness (QED) is 0.264. The lowest BCUT2D eigenvalue weighted by atomic mass is 9.72. The summed E-state index contributed by atoms with van der Waals surface area (Å²) < 4.78 is 3.93. The Morgan fingerprint density at radius 1 is 1.12 bits per heavy atom. The summed E-state index contributed by atoms with van der Waals surface area (Å²) >= 11 is 1.47. The highest BCUT2D eigenvalue weighted by molar-refractivity contribution is 7.99. The van der Waals surface area contributed by atoms with Crippen molar-refractivity contribution < 1.29 is 4.79 Å². The Hall–Kier alpha value is -4.08. The second-order valence-corrected chi connectivity index (χ2v) is 12.2. The normalized spacial score (nSPS) is 18.8. The first-order valence-corrected chi connectivity index (χ1v) is 14.4. The van der Waals surface area contributed by atoms with Gasteiger partial charge in [-0.3, -0.25) is 9.48 Å². The van der Waals surface area contributed by atoms with Gasteiger partial charge in [-0.1, -0.05) is 30.8 Å². The van der Waals surface area contributed by atoms with Crippen LogP contribution in [0.5, 0.6) is 0 Å². The average Bonchev–Trinajstić information content (AvgIpc) is 3.55. The first-order chi connectivity index (χ1) is 19.2. The van der Waals surface area contributed by atoms with E-state index in [2.05, 4.69) is 41.8 Å². The van der Waals surface area contributed by atoms with Crippen LogP contribution in [0.4, 0.5) is 0 Å². The van der Waals surface area contributed by atoms with Crippen LogP contribution in [-0.4, -0.2) is 43.8 Å². The molecule has 1 saturated carbocycles. The number of carbonyl (C=O) groups is 1. The number of nitriles is 2. The summed E-state index contributed by atoms with van der Waals surface area (Å²) in [4.78, 5) is 15.1. The van der Waals surface area contributed by atoms with Gasteiger partial charge in [-0.05, 0) is 62.6 Å². The van der Waals surface area contributed by atoms with Gasteiger partial charge in [0.1, 0.15) is 12.1 Å². The van der Waals surface area contributed by atoms with Crippen molar-refractivity contribution in [2.45, 2.75) is 68.7 Å². The molecule has 0 radical (unpaired) electrons. The SMILES string of the molecule is CC(=O)N(C)CCC1(C)CCC(n2ncc(-c3cc(Sc4ccccc4C#N)c4c(C#N)cnn4c3)c2C)CC1. The number of carbonyl (C=O) groups excluding carboxylic acids is 1. The zero-order valence-electron chi connectivity index (χ0n) is 23.4. The summed E-state index contributed by atoms with van der Waals surface area (Å²) in [6, 6.07) is 14.4. The summed E-state index contributed by atoms with van der Waals surface area (Å²) in [7, 11) is 1.87. The maximum absolute atomic E-state index is 11.6. The van der Waals surface area contributed by atoms with Gasteiger partial charge in [0.2, 0.25) is 5.91 Å². The minimum absolute atomic E-state index is 0.116. The first-order valence-electron chi connectivity index (χ1n) is 13.6. The van der Waals surface area contributed by atoms with Crippen LogP contribution in [0.2, 0.25) is 0 Å². The Labute approximate surface area is 239 Å². The van der Waals surface area contributed by atoms with E-state index in [1.54, 1.807) is 23.7 Å². The maximum atomic E-state index is 11.6. The van der Waals surface area contributed by atoms with E-state index in [1.165, 1.54) is 11.8 Å². The summed E-state index contributed by atoms with van der Waals surface area (Å²) in [5.74, 6) is 0.116. The number of benzene rings is 1. The van der Waals surface area contributed by atoms with E-state index in [4.69, 9.17) is 5.10 Å². The molecule has 4 aromatic rings. The van der Waals surface area contributed by atoms with Crippen molar-refractivity contribution in [2.75, 3.05) is 13.6 Å². The van der Waals surface area contributed by atoms with E-state index in [-0.39, 0.29) is 11.3 Å². The molecule has 3 heterocycles. The van der Waals surface area contributed by atoms with Crippen LogP contribution < -0.4 is 0 Å². The highest BCUT2D eigenvalue weighted by Gasteiger charge is 2.33. The molecule has 0 unspecified atom stereocenters.